The Kier molecular flexibility index (Phi) is 7.97. The first-order valence-electron chi connectivity index (χ1n) is 13.6. The summed E-state index contributed by atoms with van der Waals surface area (Å²) < 4.78 is 1.74. The molecule has 0 fully saturated rings. The van der Waals surface area contributed by atoms with Crippen molar-refractivity contribution in [3.05, 3.63) is 108 Å². The fraction of sp³-hybridized carbons (Fsp3) is 0.212. The molecule has 5 aromatic rings. The van der Waals surface area contributed by atoms with Crippen molar-refractivity contribution in [2.24, 2.45) is 5.41 Å². The molecule has 2 aromatic heterocycles. The maximum absolute atomic E-state index is 12.3. The zero-order valence-corrected chi connectivity index (χ0v) is 23.1. The van der Waals surface area contributed by atoms with Crippen molar-refractivity contribution in [2.45, 2.75) is 33.1 Å². The first-order chi connectivity index (χ1) is 19.8. The van der Waals surface area contributed by atoms with Crippen LogP contribution in [0.3, 0.4) is 0 Å². The summed E-state index contributed by atoms with van der Waals surface area (Å²) in [6, 6.07) is 28.5. The summed E-state index contributed by atoms with van der Waals surface area (Å²) in [5.41, 5.74) is 5.63. The molecular weight excluding hydrogens is 512 g/mol. The lowest BCUT2D eigenvalue weighted by Crippen LogP contribution is -2.26. The Balaban J connectivity index is 1.17. The summed E-state index contributed by atoms with van der Waals surface area (Å²) in [5, 5.41) is 29.8. The van der Waals surface area contributed by atoms with Crippen LogP contribution in [0.25, 0.3) is 16.8 Å². The third kappa shape index (κ3) is 6.71. The lowest BCUT2D eigenvalue weighted by Gasteiger charge is -2.25. The van der Waals surface area contributed by atoms with Gasteiger partial charge < -0.3 is 15.7 Å². The minimum absolute atomic E-state index is 0.00471. The normalized spacial score (nSPS) is 11.2. The summed E-state index contributed by atoms with van der Waals surface area (Å²) in [7, 11) is 0. The van der Waals surface area contributed by atoms with Crippen molar-refractivity contribution in [2.75, 3.05) is 11.9 Å². The number of aromatic hydroxyl groups is 1. The van der Waals surface area contributed by atoms with Crippen LogP contribution in [-0.4, -0.2) is 32.2 Å². The molecule has 1 amide bonds. The van der Waals surface area contributed by atoms with Gasteiger partial charge in [0.2, 0.25) is 5.95 Å². The van der Waals surface area contributed by atoms with E-state index in [1.165, 1.54) is 11.6 Å². The van der Waals surface area contributed by atoms with Crippen LogP contribution in [0.5, 0.6) is 5.75 Å². The van der Waals surface area contributed by atoms with Gasteiger partial charge in [-0.2, -0.15) is 10.2 Å². The summed E-state index contributed by atoms with van der Waals surface area (Å²) in [5.74, 6) is 0.174. The second-order valence-corrected chi connectivity index (χ2v) is 10.9. The quantitative estimate of drug-likeness (QED) is 0.173. The number of nitrogens with zero attached hydrogens (tertiary/aromatic N) is 4. The number of hydrogen-bond acceptors (Lipinski definition) is 6. The van der Waals surface area contributed by atoms with Crippen molar-refractivity contribution in [3.63, 3.8) is 0 Å². The molecule has 2 heterocycles. The number of para-hydroxylation sites is 2. The molecule has 0 saturated heterocycles. The summed E-state index contributed by atoms with van der Waals surface area (Å²) in [6.07, 6.45) is 4.67. The average molecular weight is 545 g/mol. The van der Waals surface area contributed by atoms with Gasteiger partial charge in [-0.1, -0.05) is 62.4 Å². The Morgan fingerprint density at radius 3 is 2.49 bits per heavy atom. The maximum atomic E-state index is 12.3. The monoisotopic (exact) mass is 544 g/mol. The average Bonchev–Trinajstić information content (AvgIpc) is 3.37. The van der Waals surface area contributed by atoms with E-state index in [0.717, 1.165) is 30.4 Å². The molecule has 206 valence electrons. The molecular formula is C33H32N6O2. The molecule has 8 heteroatoms. The van der Waals surface area contributed by atoms with E-state index in [4.69, 9.17) is 0 Å². The number of carbonyl (C=O) groups is 1. The van der Waals surface area contributed by atoms with Gasteiger partial charge in [-0.3, -0.25) is 4.79 Å². The number of amides is 1. The van der Waals surface area contributed by atoms with Crippen LogP contribution < -0.4 is 10.6 Å². The van der Waals surface area contributed by atoms with E-state index in [0.29, 0.717) is 35.0 Å². The number of phenols is 1. The number of hydrogen-bond donors (Lipinski definition) is 3. The van der Waals surface area contributed by atoms with Gasteiger partial charge in [0.1, 0.15) is 11.8 Å². The Hall–Kier alpha value is -5.16. The molecule has 3 N–H and O–H groups in total. The van der Waals surface area contributed by atoms with Gasteiger partial charge in [-0.15, -0.1) is 5.10 Å². The molecule has 8 nitrogen and oxygen atoms in total. The summed E-state index contributed by atoms with van der Waals surface area (Å²) >= 11 is 0. The Bertz CT molecular complexity index is 1720. The van der Waals surface area contributed by atoms with Gasteiger partial charge in [0.15, 0.2) is 5.65 Å². The minimum Gasteiger partial charge on any atom is -0.507 e. The number of pyridine rings is 1. The molecule has 41 heavy (non-hydrogen) atoms. The van der Waals surface area contributed by atoms with Crippen molar-refractivity contribution in [1.82, 2.24) is 19.9 Å². The van der Waals surface area contributed by atoms with Crippen molar-refractivity contribution in [3.8, 4) is 22.9 Å². The SMILES string of the molecule is CC(C)(CCCNC(=O)c1ccccc1O)Cc1ccc(-c2ccc3nc(Nc4ccccc4C#N)nn3c2)cc1. The zero-order chi connectivity index (χ0) is 28.8. The zero-order valence-electron chi connectivity index (χ0n) is 23.1. The van der Waals surface area contributed by atoms with Crippen LogP contribution in [0, 0.1) is 16.7 Å². The number of phenolic OH excluding ortho intramolecular Hbond substituents is 1. The second-order valence-electron chi connectivity index (χ2n) is 10.9. The first-order valence-corrected chi connectivity index (χ1v) is 13.6. The lowest BCUT2D eigenvalue weighted by atomic mass is 9.81. The molecule has 0 atom stereocenters. The van der Waals surface area contributed by atoms with Crippen LogP contribution in [0.1, 0.15) is 48.2 Å². The highest BCUT2D eigenvalue weighted by Crippen LogP contribution is 2.29. The number of nitrogens with one attached hydrogen (secondary N) is 2. The largest absolute Gasteiger partial charge is 0.507 e. The lowest BCUT2D eigenvalue weighted by molar-refractivity contribution is 0.0948. The molecule has 3 aromatic carbocycles. The number of anilines is 2. The van der Waals surface area contributed by atoms with E-state index >= 15 is 0 Å². The molecule has 0 aliphatic carbocycles. The highest BCUT2D eigenvalue weighted by Gasteiger charge is 2.19. The topological polar surface area (TPSA) is 115 Å². The van der Waals surface area contributed by atoms with Crippen LogP contribution in [0.4, 0.5) is 11.6 Å². The van der Waals surface area contributed by atoms with Gasteiger partial charge in [0, 0.05) is 18.3 Å². The number of nitriles is 1. The molecule has 0 saturated carbocycles. The maximum Gasteiger partial charge on any atom is 0.255 e. The van der Waals surface area contributed by atoms with Crippen LogP contribution in [0.15, 0.2) is 91.1 Å². The Labute approximate surface area is 239 Å². The van der Waals surface area contributed by atoms with E-state index in [1.807, 2.05) is 36.5 Å². The van der Waals surface area contributed by atoms with E-state index in [1.54, 1.807) is 28.8 Å². The molecule has 5 rings (SSSR count). The van der Waals surface area contributed by atoms with Gasteiger partial charge in [-0.05, 0) is 72.2 Å². The highest BCUT2D eigenvalue weighted by molar-refractivity contribution is 5.96. The highest BCUT2D eigenvalue weighted by atomic mass is 16.3. The van der Waals surface area contributed by atoms with Crippen molar-refractivity contribution >= 4 is 23.2 Å². The van der Waals surface area contributed by atoms with Crippen LogP contribution in [-0.2, 0) is 6.42 Å². The predicted octanol–water partition coefficient (Wildman–Crippen LogP) is 6.50. The number of rotatable bonds is 10. The van der Waals surface area contributed by atoms with Crippen LogP contribution in [0.2, 0.25) is 0 Å². The molecule has 0 aliphatic rings. The standard InChI is InChI=1S/C33H32N6O2/c1-33(2,18-7-19-35-31(41)27-9-4-6-11-29(27)40)20-23-12-14-24(15-13-23)26-16-17-30-37-32(38-39(30)22-26)36-28-10-5-3-8-25(28)21-34/h3-6,8-17,22,40H,7,18-20H2,1-2H3,(H,35,41)(H,36,38). The summed E-state index contributed by atoms with van der Waals surface area (Å²) in [6.45, 7) is 5.04. The van der Waals surface area contributed by atoms with Gasteiger partial charge in [-0.25, -0.2) is 4.52 Å². The molecule has 0 spiro atoms. The number of benzene rings is 3. The fourth-order valence-electron chi connectivity index (χ4n) is 4.90. The van der Waals surface area contributed by atoms with E-state index < -0.39 is 0 Å². The number of fused-ring (bicyclic) bond motifs is 1. The minimum atomic E-state index is -0.252. The van der Waals surface area contributed by atoms with Gasteiger partial charge in [0.25, 0.3) is 5.91 Å². The summed E-state index contributed by atoms with van der Waals surface area (Å²) in [4.78, 5) is 16.8. The van der Waals surface area contributed by atoms with Crippen molar-refractivity contribution in [1.29, 1.82) is 5.26 Å². The van der Waals surface area contributed by atoms with E-state index in [-0.39, 0.29) is 17.1 Å². The van der Waals surface area contributed by atoms with Crippen LogP contribution >= 0.6 is 0 Å². The molecule has 0 radical (unpaired) electrons. The molecule has 0 aliphatic heterocycles. The molecule has 0 unspecified atom stereocenters. The third-order valence-electron chi connectivity index (χ3n) is 7.06. The van der Waals surface area contributed by atoms with E-state index in [9.17, 15) is 15.2 Å². The van der Waals surface area contributed by atoms with Gasteiger partial charge >= 0.3 is 0 Å². The Morgan fingerprint density at radius 2 is 1.71 bits per heavy atom. The van der Waals surface area contributed by atoms with E-state index in [2.05, 4.69) is 64.9 Å². The fourth-order valence-corrected chi connectivity index (χ4v) is 4.90. The number of aromatic nitrogens is 3. The number of carbonyl (C=O) groups excluding carboxylic acids is 1. The predicted molar refractivity (Wildman–Crippen MR) is 160 cm³/mol. The smallest absolute Gasteiger partial charge is 0.255 e. The first kappa shape index (κ1) is 27.4. The van der Waals surface area contributed by atoms with Crippen molar-refractivity contribution < 1.29 is 9.90 Å². The molecule has 0 bridgehead atoms. The second kappa shape index (κ2) is 11.9. The Morgan fingerprint density at radius 1 is 0.976 bits per heavy atom. The van der Waals surface area contributed by atoms with Gasteiger partial charge in [0.05, 0.1) is 16.8 Å². The third-order valence-corrected chi connectivity index (χ3v) is 7.06.